The van der Waals surface area contributed by atoms with Crippen molar-refractivity contribution in [2.24, 2.45) is 0 Å². The molecule has 2 aromatic carbocycles. The van der Waals surface area contributed by atoms with Crippen LogP contribution in [0.5, 0.6) is 0 Å². The van der Waals surface area contributed by atoms with Crippen LogP contribution in [0, 0.1) is 11.6 Å². The summed E-state index contributed by atoms with van der Waals surface area (Å²) in [6.45, 7) is 0.606. The summed E-state index contributed by atoms with van der Waals surface area (Å²) in [4.78, 5) is 0. The number of benzene rings is 2. The number of nitrogens with one attached hydrogen (secondary N) is 1. The number of hydrogen-bond acceptors (Lipinski definition) is 1. The number of rotatable bonds is 6. The molecule has 0 aliphatic rings. The van der Waals surface area contributed by atoms with Crippen LogP contribution in [-0.2, 0) is 6.42 Å². The minimum atomic E-state index is -0.665. The Morgan fingerprint density at radius 2 is 1.75 bits per heavy atom. The molecule has 0 saturated carbocycles. The Morgan fingerprint density at radius 1 is 1.00 bits per heavy atom. The Labute approximate surface area is 122 Å². The highest BCUT2D eigenvalue weighted by Crippen LogP contribution is 2.26. The maximum absolute atomic E-state index is 13.5. The van der Waals surface area contributed by atoms with Crippen molar-refractivity contribution < 1.29 is 8.78 Å². The number of unbranched alkanes of at least 4 members (excludes halogenated alkanes) is 1. The van der Waals surface area contributed by atoms with Gasteiger partial charge in [-0.2, -0.15) is 0 Å². The lowest BCUT2D eigenvalue weighted by Crippen LogP contribution is -2.05. The van der Waals surface area contributed by atoms with Crippen LogP contribution >= 0.6 is 11.6 Å². The molecule has 20 heavy (non-hydrogen) atoms. The molecule has 0 fully saturated rings. The van der Waals surface area contributed by atoms with Gasteiger partial charge in [0.2, 0.25) is 0 Å². The molecule has 1 N–H and O–H groups in total. The van der Waals surface area contributed by atoms with Crippen LogP contribution in [0.3, 0.4) is 0 Å². The highest BCUT2D eigenvalue weighted by molar-refractivity contribution is 6.33. The molecule has 0 aliphatic heterocycles. The quantitative estimate of drug-likeness (QED) is 0.735. The van der Waals surface area contributed by atoms with E-state index in [1.54, 1.807) is 0 Å². The zero-order valence-corrected chi connectivity index (χ0v) is 11.8. The zero-order chi connectivity index (χ0) is 14.4. The van der Waals surface area contributed by atoms with E-state index < -0.39 is 11.6 Å². The van der Waals surface area contributed by atoms with Crippen LogP contribution in [0.2, 0.25) is 5.02 Å². The van der Waals surface area contributed by atoms with Gasteiger partial charge in [0.05, 0.1) is 10.7 Å². The summed E-state index contributed by atoms with van der Waals surface area (Å²) >= 11 is 5.80. The number of anilines is 1. The summed E-state index contributed by atoms with van der Waals surface area (Å²) in [5.41, 5.74) is 1.46. The van der Waals surface area contributed by atoms with Gasteiger partial charge in [-0.25, -0.2) is 8.78 Å². The SMILES string of the molecule is Fc1cc(F)c(NCCCCc2ccccc2)c(Cl)c1. The largest absolute Gasteiger partial charge is 0.381 e. The molecule has 0 atom stereocenters. The molecule has 0 unspecified atom stereocenters. The third kappa shape index (κ3) is 4.20. The van der Waals surface area contributed by atoms with E-state index in [1.807, 2.05) is 18.2 Å². The predicted molar refractivity (Wildman–Crippen MR) is 79.2 cm³/mol. The van der Waals surface area contributed by atoms with Gasteiger partial charge in [0, 0.05) is 12.6 Å². The second kappa shape index (κ2) is 7.25. The smallest absolute Gasteiger partial charge is 0.150 e. The maximum atomic E-state index is 13.5. The van der Waals surface area contributed by atoms with Crippen molar-refractivity contribution in [2.45, 2.75) is 19.3 Å². The van der Waals surface area contributed by atoms with Crippen LogP contribution in [0.25, 0.3) is 0 Å². The molecule has 0 saturated heterocycles. The van der Waals surface area contributed by atoms with E-state index in [0.717, 1.165) is 31.4 Å². The van der Waals surface area contributed by atoms with Gasteiger partial charge in [0.1, 0.15) is 5.82 Å². The molecule has 0 radical (unpaired) electrons. The van der Waals surface area contributed by atoms with Gasteiger partial charge >= 0.3 is 0 Å². The molecule has 0 heterocycles. The van der Waals surface area contributed by atoms with Crippen molar-refractivity contribution in [1.82, 2.24) is 0 Å². The van der Waals surface area contributed by atoms with Crippen LogP contribution < -0.4 is 5.32 Å². The standard InChI is InChI=1S/C16H16ClF2N/c17-14-10-13(18)11-15(19)16(14)20-9-5-4-8-12-6-2-1-3-7-12/h1-3,6-7,10-11,20H,4-5,8-9H2. The highest BCUT2D eigenvalue weighted by atomic mass is 35.5. The van der Waals surface area contributed by atoms with Gasteiger partial charge in [-0.3, -0.25) is 0 Å². The predicted octanol–water partition coefficient (Wildman–Crippen LogP) is 5.05. The van der Waals surface area contributed by atoms with Crippen molar-refractivity contribution in [2.75, 3.05) is 11.9 Å². The Hall–Kier alpha value is -1.61. The van der Waals surface area contributed by atoms with E-state index in [0.29, 0.717) is 6.54 Å². The van der Waals surface area contributed by atoms with Gasteiger partial charge in [-0.05, 0) is 30.9 Å². The minimum Gasteiger partial charge on any atom is -0.381 e. The fourth-order valence-corrected chi connectivity index (χ4v) is 2.28. The Bertz CT molecular complexity index is 535. The van der Waals surface area contributed by atoms with Crippen molar-refractivity contribution in [3.05, 3.63) is 64.7 Å². The second-order valence-electron chi connectivity index (χ2n) is 4.61. The van der Waals surface area contributed by atoms with E-state index in [9.17, 15) is 8.78 Å². The van der Waals surface area contributed by atoms with E-state index >= 15 is 0 Å². The van der Waals surface area contributed by atoms with Gasteiger partial charge in [-0.15, -0.1) is 0 Å². The number of hydrogen-bond donors (Lipinski definition) is 1. The lowest BCUT2D eigenvalue weighted by molar-refractivity contribution is 0.584. The van der Waals surface area contributed by atoms with E-state index in [1.165, 1.54) is 5.56 Å². The first-order valence-electron chi connectivity index (χ1n) is 6.59. The van der Waals surface area contributed by atoms with Crippen LogP contribution in [0.15, 0.2) is 42.5 Å². The summed E-state index contributed by atoms with van der Waals surface area (Å²) in [6.07, 6.45) is 2.88. The summed E-state index contributed by atoms with van der Waals surface area (Å²) in [7, 11) is 0. The van der Waals surface area contributed by atoms with Crippen LogP contribution in [0.4, 0.5) is 14.5 Å². The Kier molecular flexibility index (Phi) is 5.36. The average Bonchev–Trinajstić information content (AvgIpc) is 2.42. The normalized spacial score (nSPS) is 10.6. The molecule has 0 aliphatic carbocycles. The van der Waals surface area contributed by atoms with Crippen molar-refractivity contribution in [1.29, 1.82) is 0 Å². The first kappa shape index (κ1) is 14.8. The van der Waals surface area contributed by atoms with Gasteiger partial charge < -0.3 is 5.32 Å². The summed E-state index contributed by atoms with van der Waals surface area (Å²) in [5, 5.41) is 3.00. The second-order valence-corrected chi connectivity index (χ2v) is 5.02. The fourth-order valence-electron chi connectivity index (χ4n) is 2.02. The molecule has 0 aromatic heterocycles. The lowest BCUT2D eigenvalue weighted by atomic mass is 10.1. The molecule has 0 bridgehead atoms. The minimum absolute atomic E-state index is 0.0746. The summed E-state index contributed by atoms with van der Waals surface area (Å²) in [6, 6.07) is 12.1. The topological polar surface area (TPSA) is 12.0 Å². The van der Waals surface area contributed by atoms with Crippen LogP contribution in [0.1, 0.15) is 18.4 Å². The molecule has 0 amide bonds. The fraction of sp³-hybridized carbons (Fsp3) is 0.250. The zero-order valence-electron chi connectivity index (χ0n) is 11.0. The third-order valence-corrected chi connectivity index (χ3v) is 3.34. The lowest BCUT2D eigenvalue weighted by Gasteiger charge is -2.09. The first-order chi connectivity index (χ1) is 9.66. The summed E-state index contributed by atoms with van der Waals surface area (Å²) in [5.74, 6) is -1.32. The molecule has 2 rings (SSSR count). The highest BCUT2D eigenvalue weighted by Gasteiger charge is 2.08. The van der Waals surface area contributed by atoms with Gasteiger partial charge in [-0.1, -0.05) is 41.9 Å². The van der Waals surface area contributed by atoms with Crippen molar-refractivity contribution in [3.63, 3.8) is 0 Å². The molecular formula is C16H16ClF2N. The molecule has 2 aromatic rings. The van der Waals surface area contributed by atoms with Crippen LogP contribution in [-0.4, -0.2) is 6.54 Å². The number of halogens is 3. The first-order valence-corrected chi connectivity index (χ1v) is 6.97. The van der Waals surface area contributed by atoms with Gasteiger partial charge in [0.25, 0.3) is 0 Å². The monoisotopic (exact) mass is 295 g/mol. The van der Waals surface area contributed by atoms with E-state index in [4.69, 9.17) is 11.6 Å². The van der Waals surface area contributed by atoms with Crippen molar-refractivity contribution >= 4 is 17.3 Å². The van der Waals surface area contributed by atoms with E-state index in [-0.39, 0.29) is 10.7 Å². The van der Waals surface area contributed by atoms with Crippen molar-refractivity contribution in [3.8, 4) is 0 Å². The Balaban J connectivity index is 1.76. The van der Waals surface area contributed by atoms with E-state index in [2.05, 4.69) is 17.4 Å². The Morgan fingerprint density at radius 3 is 2.45 bits per heavy atom. The summed E-state index contributed by atoms with van der Waals surface area (Å²) < 4.78 is 26.4. The molecule has 0 spiro atoms. The molecule has 4 heteroatoms. The average molecular weight is 296 g/mol. The third-order valence-electron chi connectivity index (χ3n) is 3.04. The maximum Gasteiger partial charge on any atom is 0.150 e. The number of aryl methyl sites for hydroxylation is 1. The molecule has 1 nitrogen and oxygen atoms in total. The molecular weight excluding hydrogens is 280 g/mol. The van der Waals surface area contributed by atoms with Gasteiger partial charge in [0.15, 0.2) is 5.82 Å². The molecule has 106 valence electrons.